The van der Waals surface area contributed by atoms with Crippen LogP contribution < -0.4 is 14.8 Å². The zero-order valence-electron chi connectivity index (χ0n) is 10.2. The summed E-state index contributed by atoms with van der Waals surface area (Å²) in [6.07, 6.45) is -1.33. The van der Waals surface area contributed by atoms with Crippen LogP contribution >= 0.6 is 0 Å². The smallest absolute Gasteiger partial charge is 0.422 e. The average Bonchev–Trinajstić information content (AvgIpc) is 2.47. The Labute approximate surface area is 101 Å². The van der Waals surface area contributed by atoms with Crippen LogP contribution in [-0.2, 0) is 14.9 Å². The van der Waals surface area contributed by atoms with Gasteiger partial charge in [-0.15, -0.1) is 0 Å². The van der Waals surface area contributed by atoms with E-state index in [-0.39, 0.29) is 18.1 Å². The highest BCUT2D eigenvalue weighted by molar-refractivity contribution is 7.88. The normalized spacial score (nSPS) is 24.9. The first-order valence-corrected chi connectivity index (χ1v) is 7.00. The van der Waals surface area contributed by atoms with Gasteiger partial charge >= 0.3 is 16.3 Å². The third-order valence-electron chi connectivity index (χ3n) is 2.38. The Morgan fingerprint density at radius 1 is 1.41 bits per heavy atom. The van der Waals surface area contributed by atoms with Gasteiger partial charge in [-0.2, -0.15) is 13.1 Å². The second-order valence-electron chi connectivity index (χ2n) is 4.42. The monoisotopic (exact) mass is 265 g/mol. The number of hydrogen-bond donors (Lipinski definition) is 3. The highest BCUT2D eigenvalue weighted by Crippen LogP contribution is 2.08. The molecule has 0 aromatic heterocycles. The molecule has 1 saturated heterocycles. The van der Waals surface area contributed by atoms with Gasteiger partial charge in [-0.1, -0.05) is 6.92 Å². The molecule has 1 aliphatic rings. The maximum Gasteiger partial charge on any atom is 0.422 e. The van der Waals surface area contributed by atoms with E-state index in [4.69, 9.17) is 4.74 Å². The van der Waals surface area contributed by atoms with E-state index in [9.17, 15) is 13.2 Å². The zero-order chi connectivity index (χ0) is 13.1. The number of ether oxygens (including phenoxy) is 1. The summed E-state index contributed by atoms with van der Waals surface area (Å²) in [4.78, 5) is 11.2. The highest BCUT2D eigenvalue weighted by Gasteiger charge is 2.28. The van der Waals surface area contributed by atoms with Gasteiger partial charge in [0, 0.05) is 12.6 Å². The van der Waals surface area contributed by atoms with Crippen molar-refractivity contribution in [3.05, 3.63) is 0 Å². The van der Waals surface area contributed by atoms with Gasteiger partial charge in [0.05, 0.1) is 6.10 Å². The second-order valence-corrected chi connectivity index (χ2v) is 5.87. The van der Waals surface area contributed by atoms with Crippen LogP contribution in [0, 0.1) is 5.92 Å². The molecular formula is C9H19N3O4S. The molecule has 2 unspecified atom stereocenters. The molecule has 0 aromatic rings. The Balaban J connectivity index is 2.48. The summed E-state index contributed by atoms with van der Waals surface area (Å²) in [6.45, 7) is 6.52. The number of hydrogen-bond acceptors (Lipinski definition) is 5. The quantitative estimate of drug-likeness (QED) is 0.640. The molecule has 8 heteroatoms. The van der Waals surface area contributed by atoms with Crippen LogP contribution in [0.5, 0.6) is 0 Å². The molecule has 0 radical (unpaired) electrons. The van der Waals surface area contributed by atoms with Crippen molar-refractivity contribution < 1.29 is 17.9 Å². The molecule has 0 aliphatic carbocycles. The molecule has 1 heterocycles. The van der Waals surface area contributed by atoms with E-state index in [1.807, 2.05) is 11.6 Å². The lowest BCUT2D eigenvalue weighted by molar-refractivity contribution is 0.121. The fourth-order valence-corrected chi connectivity index (χ4v) is 2.59. The predicted octanol–water partition coefficient (Wildman–Crippen LogP) is -0.437. The molecular weight excluding hydrogens is 246 g/mol. The number of rotatable bonds is 4. The minimum absolute atomic E-state index is 0.188. The van der Waals surface area contributed by atoms with Crippen molar-refractivity contribution in [1.82, 2.24) is 14.8 Å². The molecule has 2 atom stereocenters. The van der Waals surface area contributed by atoms with Crippen LogP contribution in [0.2, 0.25) is 0 Å². The van der Waals surface area contributed by atoms with E-state index in [0.717, 1.165) is 6.54 Å². The van der Waals surface area contributed by atoms with Crippen LogP contribution in [0.1, 0.15) is 20.8 Å². The second kappa shape index (κ2) is 5.65. The largest absolute Gasteiger partial charge is 0.446 e. The average molecular weight is 265 g/mol. The molecule has 1 fully saturated rings. The van der Waals surface area contributed by atoms with E-state index in [1.165, 1.54) is 0 Å². The Morgan fingerprint density at radius 2 is 2.06 bits per heavy atom. The van der Waals surface area contributed by atoms with Crippen LogP contribution in [0.25, 0.3) is 0 Å². The number of amides is 1. The van der Waals surface area contributed by atoms with E-state index >= 15 is 0 Å². The third kappa shape index (κ3) is 4.88. The molecule has 0 aromatic carbocycles. The topological polar surface area (TPSA) is 96.5 Å². The van der Waals surface area contributed by atoms with Crippen molar-refractivity contribution >= 4 is 16.3 Å². The first-order valence-electron chi connectivity index (χ1n) is 5.51. The zero-order valence-corrected chi connectivity index (χ0v) is 11.0. The van der Waals surface area contributed by atoms with Crippen molar-refractivity contribution in [3.8, 4) is 0 Å². The summed E-state index contributed by atoms with van der Waals surface area (Å²) < 4.78 is 32.1. The molecule has 7 nitrogen and oxygen atoms in total. The minimum Gasteiger partial charge on any atom is -0.446 e. The maximum atomic E-state index is 11.6. The summed E-state index contributed by atoms with van der Waals surface area (Å²) in [6, 6.07) is -0.209. The van der Waals surface area contributed by atoms with Gasteiger partial charge in [0.2, 0.25) is 0 Å². The van der Waals surface area contributed by atoms with Gasteiger partial charge in [-0.25, -0.2) is 9.52 Å². The molecule has 1 amide bonds. The lowest BCUT2D eigenvalue weighted by atomic mass is 10.1. The fourth-order valence-electron chi connectivity index (χ4n) is 1.54. The molecule has 3 N–H and O–H groups in total. The molecule has 100 valence electrons. The third-order valence-corrected chi connectivity index (χ3v) is 3.43. The Hall–Kier alpha value is -0.860. The fraction of sp³-hybridized carbons (Fsp3) is 0.889. The maximum absolute atomic E-state index is 11.6. The highest BCUT2D eigenvalue weighted by atomic mass is 32.2. The number of nitrogens with one attached hydrogen (secondary N) is 3. The summed E-state index contributed by atoms with van der Waals surface area (Å²) in [5.41, 5.74) is 0. The van der Waals surface area contributed by atoms with E-state index in [1.54, 1.807) is 13.8 Å². The van der Waals surface area contributed by atoms with Crippen molar-refractivity contribution in [2.45, 2.75) is 32.9 Å². The Bertz CT molecular complexity index is 368. The van der Waals surface area contributed by atoms with E-state index in [0.29, 0.717) is 6.54 Å². The van der Waals surface area contributed by atoms with Crippen LogP contribution in [-0.4, -0.2) is 39.7 Å². The van der Waals surface area contributed by atoms with Crippen molar-refractivity contribution in [2.75, 3.05) is 13.1 Å². The summed E-state index contributed by atoms with van der Waals surface area (Å²) >= 11 is 0. The van der Waals surface area contributed by atoms with Gasteiger partial charge < -0.3 is 10.1 Å². The molecule has 17 heavy (non-hydrogen) atoms. The van der Waals surface area contributed by atoms with Crippen molar-refractivity contribution in [1.29, 1.82) is 0 Å². The standard InChI is InChI=1S/C9H19N3O4S/c1-6(2)16-9(13)12-17(14,15)11-8-5-10-4-7(8)3/h6-8,10-11H,4-5H2,1-3H3,(H,12,13). The molecule has 0 saturated carbocycles. The lowest BCUT2D eigenvalue weighted by Crippen LogP contribution is -2.47. The lowest BCUT2D eigenvalue weighted by Gasteiger charge is -2.17. The van der Waals surface area contributed by atoms with E-state index in [2.05, 4.69) is 10.0 Å². The van der Waals surface area contributed by atoms with Crippen molar-refractivity contribution in [2.24, 2.45) is 5.92 Å². The Kier molecular flexibility index (Phi) is 4.72. The first kappa shape index (κ1) is 14.2. The van der Waals surface area contributed by atoms with Gasteiger partial charge in [0.25, 0.3) is 0 Å². The minimum atomic E-state index is -3.86. The number of carbonyl (C=O) groups is 1. The van der Waals surface area contributed by atoms with Crippen molar-refractivity contribution in [3.63, 3.8) is 0 Å². The molecule has 1 aliphatic heterocycles. The van der Waals surface area contributed by atoms with Gasteiger partial charge in [0.1, 0.15) is 0 Å². The Morgan fingerprint density at radius 3 is 2.53 bits per heavy atom. The van der Waals surface area contributed by atoms with Gasteiger partial charge in [0.15, 0.2) is 0 Å². The number of carbonyl (C=O) groups excluding carboxylic acids is 1. The molecule has 0 spiro atoms. The predicted molar refractivity (Wildman–Crippen MR) is 62.6 cm³/mol. The van der Waals surface area contributed by atoms with Crippen LogP contribution in [0.15, 0.2) is 0 Å². The summed E-state index contributed by atoms with van der Waals surface area (Å²) in [7, 11) is -3.86. The molecule has 1 rings (SSSR count). The van der Waals surface area contributed by atoms with Gasteiger partial charge in [-0.3, -0.25) is 0 Å². The summed E-state index contributed by atoms with van der Waals surface area (Å²) in [5.74, 6) is 0.188. The van der Waals surface area contributed by atoms with E-state index < -0.39 is 16.3 Å². The van der Waals surface area contributed by atoms with Crippen LogP contribution in [0.3, 0.4) is 0 Å². The SMILES string of the molecule is CC(C)OC(=O)NS(=O)(=O)NC1CNCC1C. The summed E-state index contributed by atoms with van der Waals surface area (Å²) in [5, 5.41) is 3.06. The first-order chi connectivity index (χ1) is 7.80. The molecule has 0 bridgehead atoms. The van der Waals surface area contributed by atoms with Crippen LogP contribution in [0.4, 0.5) is 4.79 Å². The van der Waals surface area contributed by atoms with Gasteiger partial charge in [-0.05, 0) is 26.3 Å².